The molecule has 19 heavy (non-hydrogen) atoms. The molecule has 0 saturated heterocycles. The molecule has 0 aromatic carbocycles. The van der Waals surface area contributed by atoms with Crippen molar-refractivity contribution in [3.63, 3.8) is 0 Å². The summed E-state index contributed by atoms with van der Waals surface area (Å²) >= 11 is 0. The Kier molecular flexibility index (Phi) is 3.93. The number of carboxylic acids is 1. The first kappa shape index (κ1) is 13.6. The zero-order chi connectivity index (χ0) is 14.0. The lowest BCUT2D eigenvalue weighted by Gasteiger charge is -2.31. The second-order valence-electron chi connectivity index (χ2n) is 5.56. The highest BCUT2D eigenvalue weighted by molar-refractivity contribution is 5.93. The Morgan fingerprint density at radius 2 is 1.74 bits per heavy atom. The smallest absolute Gasteiger partial charge is 0.371 e. The number of rotatable bonds is 3. The van der Waals surface area contributed by atoms with Gasteiger partial charge in [0.25, 0.3) is 5.91 Å². The van der Waals surface area contributed by atoms with Crippen LogP contribution in [0.15, 0.2) is 16.5 Å². The van der Waals surface area contributed by atoms with Gasteiger partial charge in [0.1, 0.15) is 0 Å². The number of amides is 1. The van der Waals surface area contributed by atoms with Crippen molar-refractivity contribution in [3.05, 3.63) is 23.7 Å². The zero-order valence-electron chi connectivity index (χ0n) is 11.2. The third kappa shape index (κ3) is 3.36. The third-order valence-corrected chi connectivity index (χ3v) is 3.55. The van der Waals surface area contributed by atoms with Crippen molar-refractivity contribution < 1.29 is 19.1 Å². The summed E-state index contributed by atoms with van der Waals surface area (Å²) in [4.78, 5) is 22.7. The monoisotopic (exact) mass is 265 g/mol. The standard InChI is InChI=1S/C14H19NO4/c1-8-5-9(2)7-10(6-8)15-13(16)11-3-4-12(19-11)14(17)18/h3-4,8-10H,5-7H2,1-2H3,(H,15,16)(H,17,18). The van der Waals surface area contributed by atoms with Gasteiger partial charge >= 0.3 is 5.97 Å². The molecule has 1 fully saturated rings. The average molecular weight is 265 g/mol. The number of hydrogen-bond acceptors (Lipinski definition) is 3. The van der Waals surface area contributed by atoms with Gasteiger partial charge in [0, 0.05) is 6.04 Å². The molecule has 1 aromatic rings. The van der Waals surface area contributed by atoms with Gasteiger partial charge in [0.05, 0.1) is 0 Å². The van der Waals surface area contributed by atoms with E-state index in [1.165, 1.54) is 18.6 Å². The van der Waals surface area contributed by atoms with Crippen molar-refractivity contribution >= 4 is 11.9 Å². The second kappa shape index (κ2) is 5.47. The van der Waals surface area contributed by atoms with Gasteiger partial charge in [-0.1, -0.05) is 13.8 Å². The summed E-state index contributed by atoms with van der Waals surface area (Å²) < 4.78 is 4.99. The van der Waals surface area contributed by atoms with Crippen molar-refractivity contribution in [1.82, 2.24) is 5.32 Å². The van der Waals surface area contributed by atoms with E-state index in [2.05, 4.69) is 19.2 Å². The van der Waals surface area contributed by atoms with Gasteiger partial charge in [-0.05, 0) is 43.2 Å². The van der Waals surface area contributed by atoms with E-state index in [0.29, 0.717) is 11.8 Å². The molecule has 0 radical (unpaired) electrons. The lowest BCUT2D eigenvalue weighted by molar-refractivity contribution is 0.0659. The molecule has 1 aliphatic carbocycles. The molecule has 0 spiro atoms. The van der Waals surface area contributed by atoms with Crippen LogP contribution in [0.4, 0.5) is 0 Å². The van der Waals surface area contributed by atoms with E-state index in [-0.39, 0.29) is 23.5 Å². The van der Waals surface area contributed by atoms with Crippen LogP contribution in [-0.4, -0.2) is 23.0 Å². The summed E-state index contributed by atoms with van der Waals surface area (Å²) in [6, 6.07) is 2.84. The fourth-order valence-corrected chi connectivity index (χ4v) is 2.90. The molecule has 1 aliphatic rings. The minimum absolute atomic E-state index is 0.0586. The summed E-state index contributed by atoms with van der Waals surface area (Å²) in [5.74, 6) is -0.461. The van der Waals surface area contributed by atoms with E-state index in [9.17, 15) is 9.59 Å². The molecule has 1 aromatic heterocycles. The molecule has 0 aliphatic heterocycles. The van der Waals surface area contributed by atoms with Crippen LogP contribution in [0.25, 0.3) is 0 Å². The first-order chi connectivity index (χ1) is 8.95. The Bertz CT molecular complexity index is 470. The second-order valence-corrected chi connectivity index (χ2v) is 5.56. The molecule has 104 valence electrons. The fraction of sp³-hybridized carbons (Fsp3) is 0.571. The lowest BCUT2D eigenvalue weighted by Crippen LogP contribution is -2.39. The van der Waals surface area contributed by atoms with Crippen LogP contribution in [-0.2, 0) is 0 Å². The first-order valence-corrected chi connectivity index (χ1v) is 6.59. The number of carbonyl (C=O) groups excluding carboxylic acids is 1. The van der Waals surface area contributed by atoms with E-state index in [4.69, 9.17) is 9.52 Å². The van der Waals surface area contributed by atoms with Gasteiger partial charge in [-0.3, -0.25) is 4.79 Å². The van der Waals surface area contributed by atoms with Crippen molar-refractivity contribution in [2.24, 2.45) is 11.8 Å². The zero-order valence-corrected chi connectivity index (χ0v) is 11.2. The maximum atomic E-state index is 12.0. The number of carboxylic acid groups (broad SMARTS) is 1. The molecule has 2 unspecified atom stereocenters. The van der Waals surface area contributed by atoms with Crippen LogP contribution in [0.3, 0.4) is 0 Å². The molecule has 1 saturated carbocycles. The highest BCUT2D eigenvalue weighted by Crippen LogP contribution is 2.28. The van der Waals surface area contributed by atoms with Gasteiger partial charge in [0.2, 0.25) is 5.76 Å². The largest absolute Gasteiger partial charge is 0.475 e. The van der Waals surface area contributed by atoms with E-state index in [1.807, 2.05) is 0 Å². The molecule has 2 atom stereocenters. The molecular formula is C14H19NO4. The topological polar surface area (TPSA) is 79.5 Å². The number of nitrogens with one attached hydrogen (secondary N) is 1. The summed E-state index contributed by atoms with van der Waals surface area (Å²) in [6.45, 7) is 4.37. The fourth-order valence-electron chi connectivity index (χ4n) is 2.90. The Morgan fingerprint density at radius 3 is 2.26 bits per heavy atom. The van der Waals surface area contributed by atoms with Crippen LogP contribution >= 0.6 is 0 Å². The predicted octanol–water partition coefficient (Wildman–Crippen LogP) is 2.53. The Labute approximate surface area is 112 Å². The number of carbonyl (C=O) groups is 2. The lowest BCUT2D eigenvalue weighted by atomic mass is 9.80. The number of furan rings is 1. The molecule has 2 N–H and O–H groups in total. The summed E-state index contributed by atoms with van der Waals surface area (Å²) in [6.07, 6.45) is 3.11. The van der Waals surface area contributed by atoms with Crippen molar-refractivity contribution in [2.45, 2.75) is 39.2 Å². The van der Waals surface area contributed by atoms with Crippen LogP contribution in [0.5, 0.6) is 0 Å². The normalized spacial score (nSPS) is 26.9. The maximum Gasteiger partial charge on any atom is 0.371 e. The van der Waals surface area contributed by atoms with Crippen LogP contribution in [0.1, 0.15) is 54.2 Å². The van der Waals surface area contributed by atoms with Gasteiger partial charge < -0.3 is 14.8 Å². The van der Waals surface area contributed by atoms with E-state index >= 15 is 0 Å². The van der Waals surface area contributed by atoms with Crippen molar-refractivity contribution in [1.29, 1.82) is 0 Å². The minimum Gasteiger partial charge on any atom is -0.475 e. The maximum absolute atomic E-state index is 12.0. The molecular weight excluding hydrogens is 246 g/mol. The number of aromatic carboxylic acids is 1. The summed E-state index contributed by atoms with van der Waals surface area (Å²) in [5, 5.41) is 11.7. The van der Waals surface area contributed by atoms with Gasteiger partial charge in [-0.15, -0.1) is 0 Å². The third-order valence-electron chi connectivity index (χ3n) is 3.55. The highest BCUT2D eigenvalue weighted by atomic mass is 16.4. The van der Waals surface area contributed by atoms with Crippen LogP contribution < -0.4 is 5.32 Å². The summed E-state index contributed by atoms with van der Waals surface area (Å²) in [7, 11) is 0. The highest BCUT2D eigenvalue weighted by Gasteiger charge is 2.26. The van der Waals surface area contributed by atoms with Crippen molar-refractivity contribution in [3.8, 4) is 0 Å². The quantitative estimate of drug-likeness (QED) is 0.880. The molecule has 0 bridgehead atoms. The molecule has 1 amide bonds. The SMILES string of the molecule is CC1CC(C)CC(NC(=O)c2ccc(C(=O)O)o2)C1. The Hall–Kier alpha value is -1.78. The Balaban J connectivity index is 1.98. The number of hydrogen-bond donors (Lipinski definition) is 2. The van der Waals surface area contributed by atoms with E-state index < -0.39 is 5.97 Å². The van der Waals surface area contributed by atoms with E-state index in [1.54, 1.807) is 0 Å². The van der Waals surface area contributed by atoms with Gasteiger partial charge in [-0.25, -0.2) is 4.79 Å². The first-order valence-electron chi connectivity index (χ1n) is 6.59. The molecule has 1 heterocycles. The molecule has 5 heteroatoms. The minimum atomic E-state index is -1.17. The molecule has 5 nitrogen and oxygen atoms in total. The summed E-state index contributed by atoms with van der Waals surface area (Å²) in [5.41, 5.74) is 0. The van der Waals surface area contributed by atoms with Gasteiger partial charge in [0.15, 0.2) is 5.76 Å². The molecule has 2 rings (SSSR count). The van der Waals surface area contributed by atoms with E-state index in [0.717, 1.165) is 12.8 Å². The van der Waals surface area contributed by atoms with Gasteiger partial charge in [-0.2, -0.15) is 0 Å². The average Bonchev–Trinajstić information content (AvgIpc) is 2.76. The van der Waals surface area contributed by atoms with Crippen LogP contribution in [0.2, 0.25) is 0 Å². The Morgan fingerprint density at radius 1 is 1.16 bits per heavy atom. The predicted molar refractivity (Wildman–Crippen MR) is 69.1 cm³/mol. The van der Waals surface area contributed by atoms with Crippen LogP contribution in [0, 0.1) is 11.8 Å². The van der Waals surface area contributed by atoms with Crippen molar-refractivity contribution in [2.75, 3.05) is 0 Å².